The van der Waals surface area contributed by atoms with Gasteiger partial charge in [0.05, 0.1) is 22.9 Å². The van der Waals surface area contributed by atoms with E-state index in [9.17, 15) is 14.7 Å². The summed E-state index contributed by atoms with van der Waals surface area (Å²) in [6, 6.07) is 6.34. The Hall–Kier alpha value is -2.65. The number of hydrogen-bond acceptors (Lipinski definition) is 7. The minimum atomic E-state index is -1.22. The molecule has 1 N–H and O–H groups in total. The van der Waals surface area contributed by atoms with Crippen molar-refractivity contribution in [3.05, 3.63) is 45.7 Å². The number of esters is 1. The summed E-state index contributed by atoms with van der Waals surface area (Å²) in [5.41, 5.74) is 0.208. The molecule has 0 saturated heterocycles. The van der Waals surface area contributed by atoms with Gasteiger partial charge in [-0.1, -0.05) is 16.8 Å². The van der Waals surface area contributed by atoms with E-state index in [0.717, 1.165) is 15.6 Å². The molecule has 0 radical (unpaired) electrons. The number of rotatable bonds is 5. The minimum absolute atomic E-state index is 0.0290. The predicted molar refractivity (Wildman–Crippen MR) is 84.5 cm³/mol. The number of methoxy groups -OCH3 is 1. The van der Waals surface area contributed by atoms with Gasteiger partial charge in [-0.2, -0.15) is 5.10 Å². The number of carboxylic acid groups (broad SMARTS) is 1. The van der Waals surface area contributed by atoms with Crippen LogP contribution in [0.5, 0.6) is 0 Å². The Morgan fingerprint density at radius 3 is 2.83 bits per heavy atom. The molecular formula is C14H10ClN3O5S. The number of aromatic nitrogens is 3. The van der Waals surface area contributed by atoms with Crippen LogP contribution in [0.2, 0.25) is 4.34 Å². The molecule has 0 aliphatic rings. The van der Waals surface area contributed by atoms with E-state index in [0.29, 0.717) is 15.8 Å². The maximum absolute atomic E-state index is 11.5. The fourth-order valence-corrected chi connectivity index (χ4v) is 3.01. The smallest absolute Gasteiger partial charge is 0.358 e. The van der Waals surface area contributed by atoms with Crippen LogP contribution in [0.1, 0.15) is 26.7 Å². The second-order valence-electron chi connectivity index (χ2n) is 4.66. The van der Waals surface area contributed by atoms with Crippen molar-refractivity contribution in [3.63, 3.8) is 0 Å². The van der Waals surface area contributed by atoms with Gasteiger partial charge in [0.25, 0.3) is 0 Å². The van der Waals surface area contributed by atoms with Crippen molar-refractivity contribution in [1.82, 2.24) is 14.9 Å². The molecule has 0 aliphatic heterocycles. The fraction of sp³-hybridized carbons (Fsp3) is 0.143. The van der Waals surface area contributed by atoms with Crippen LogP contribution in [0.25, 0.3) is 10.6 Å². The minimum Gasteiger partial charge on any atom is -0.477 e. The summed E-state index contributed by atoms with van der Waals surface area (Å²) in [5, 5.41) is 17.1. The van der Waals surface area contributed by atoms with Gasteiger partial charge < -0.3 is 14.4 Å². The highest BCUT2D eigenvalue weighted by Crippen LogP contribution is 2.31. The van der Waals surface area contributed by atoms with Gasteiger partial charge in [-0.15, -0.1) is 11.3 Å². The van der Waals surface area contributed by atoms with E-state index in [1.165, 1.54) is 18.4 Å². The molecule has 124 valence electrons. The second kappa shape index (κ2) is 6.46. The van der Waals surface area contributed by atoms with Gasteiger partial charge in [0.2, 0.25) is 0 Å². The lowest BCUT2D eigenvalue weighted by molar-refractivity contribution is 0.0592. The van der Waals surface area contributed by atoms with Gasteiger partial charge in [-0.05, 0) is 12.1 Å². The molecule has 0 aromatic carbocycles. The Kier molecular flexibility index (Phi) is 4.36. The summed E-state index contributed by atoms with van der Waals surface area (Å²) in [6.45, 7) is 0.0290. The molecule has 3 rings (SSSR count). The van der Waals surface area contributed by atoms with E-state index in [1.807, 2.05) is 0 Å². The Balaban J connectivity index is 1.88. The highest BCUT2D eigenvalue weighted by molar-refractivity contribution is 7.19. The van der Waals surface area contributed by atoms with Crippen LogP contribution in [0.3, 0.4) is 0 Å². The number of carboxylic acids is 1. The van der Waals surface area contributed by atoms with E-state index in [1.54, 1.807) is 18.2 Å². The van der Waals surface area contributed by atoms with Crippen LogP contribution in [-0.4, -0.2) is 39.1 Å². The quantitative estimate of drug-likeness (QED) is 0.691. The summed E-state index contributed by atoms with van der Waals surface area (Å²) in [6.07, 6.45) is 0. The predicted octanol–water partition coefficient (Wildman–Crippen LogP) is 2.79. The molecule has 3 aromatic heterocycles. The number of nitrogens with zero attached hydrogens (tertiary/aromatic N) is 3. The molecule has 0 spiro atoms. The third-order valence-corrected chi connectivity index (χ3v) is 4.33. The van der Waals surface area contributed by atoms with Gasteiger partial charge in [0.15, 0.2) is 11.5 Å². The van der Waals surface area contributed by atoms with Gasteiger partial charge in [-0.25, -0.2) is 9.59 Å². The van der Waals surface area contributed by atoms with Crippen molar-refractivity contribution in [2.45, 2.75) is 6.54 Å². The maximum Gasteiger partial charge on any atom is 0.358 e. The number of halogens is 1. The molecule has 0 atom stereocenters. The maximum atomic E-state index is 11.5. The summed E-state index contributed by atoms with van der Waals surface area (Å²) < 4.78 is 11.5. The van der Waals surface area contributed by atoms with Gasteiger partial charge in [0.1, 0.15) is 11.4 Å². The highest BCUT2D eigenvalue weighted by atomic mass is 35.5. The van der Waals surface area contributed by atoms with Crippen LogP contribution in [0, 0.1) is 0 Å². The number of ether oxygens (including phenoxy) is 1. The first-order chi connectivity index (χ1) is 11.5. The van der Waals surface area contributed by atoms with Crippen LogP contribution >= 0.6 is 22.9 Å². The standard InChI is InChI=1S/C14H10ClN3O5S/c1-22-14(21)8-5-9(13(19)20)18(16-8)6-7-4-10(23-17-7)11-2-3-12(15)24-11/h2-5H,6H2,1H3,(H,19,20). The average Bonchev–Trinajstić information content (AvgIpc) is 3.26. The zero-order valence-electron chi connectivity index (χ0n) is 12.2. The molecule has 0 saturated carbocycles. The third kappa shape index (κ3) is 3.17. The lowest BCUT2D eigenvalue weighted by atomic mass is 10.3. The first-order valence-electron chi connectivity index (χ1n) is 6.58. The van der Waals surface area contributed by atoms with Crippen LogP contribution in [0.4, 0.5) is 0 Å². The molecule has 3 heterocycles. The first kappa shape index (κ1) is 16.2. The normalized spacial score (nSPS) is 10.8. The summed E-state index contributed by atoms with van der Waals surface area (Å²) in [7, 11) is 1.19. The molecule has 3 aromatic rings. The lowest BCUT2D eigenvalue weighted by Gasteiger charge is -2.00. The highest BCUT2D eigenvalue weighted by Gasteiger charge is 2.20. The molecule has 0 fully saturated rings. The number of carbonyl (C=O) groups excluding carboxylic acids is 1. The summed E-state index contributed by atoms with van der Waals surface area (Å²) >= 11 is 7.22. The molecule has 10 heteroatoms. The van der Waals surface area contributed by atoms with E-state index in [2.05, 4.69) is 15.0 Å². The molecule has 0 amide bonds. The monoisotopic (exact) mass is 367 g/mol. The summed E-state index contributed by atoms with van der Waals surface area (Å²) in [4.78, 5) is 23.6. The Bertz CT molecular complexity index is 913. The van der Waals surface area contributed by atoms with Crippen molar-refractivity contribution < 1.29 is 24.0 Å². The Labute approximate surface area is 144 Å². The van der Waals surface area contributed by atoms with Gasteiger partial charge in [-0.3, -0.25) is 4.68 Å². The van der Waals surface area contributed by atoms with Crippen LogP contribution in [0.15, 0.2) is 28.8 Å². The fourth-order valence-electron chi connectivity index (χ4n) is 2.02. The van der Waals surface area contributed by atoms with Crippen molar-refractivity contribution in [1.29, 1.82) is 0 Å². The second-order valence-corrected chi connectivity index (χ2v) is 6.37. The molecule has 24 heavy (non-hydrogen) atoms. The zero-order chi connectivity index (χ0) is 17.3. The topological polar surface area (TPSA) is 107 Å². The van der Waals surface area contributed by atoms with E-state index >= 15 is 0 Å². The van der Waals surface area contributed by atoms with Crippen LogP contribution < -0.4 is 0 Å². The Morgan fingerprint density at radius 2 is 2.21 bits per heavy atom. The largest absolute Gasteiger partial charge is 0.477 e. The molecule has 0 aliphatic carbocycles. The van der Waals surface area contributed by atoms with Crippen molar-refractivity contribution in [3.8, 4) is 10.6 Å². The van der Waals surface area contributed by atoms with E-state index in [-0.39, 0.29) is 17.9 Å². The number of carbonyl (C=O) groups is 2. The van der Waals surface area contributed by atoms with Crippen molar-refractivity contribution in [2.24, 2.45) is 0 Å². The van der Waals surface area contributed by atoms with Crippen molar-refractivity contribution >= 4 is 34.9 Å². The number of hydrogen-bond donors (Lipinski definition) is 1. The summed E-state index contributed by atoms with van der Waals surface area (Å²) in [5.74, 6) is -1.42. The molecular weight excluding hydrogens is 358 g/mol. The SMILES string of the molecule is COC(=O)c1cc(C(=O)O)n(Cc2cc(-c3ccc(Cl)s3)on2)n1. The average molecular weight is 368 g/mol. The third-order valence-electron chi connectivity index (χ3n) is 3.08. The van der Waals surface area contributed by atoms with Crippen molar-refractivity contribution in [2.75, 3.05) is 7.11 Å². The Morgan fingerprint density at radius 1 is 1.42 bits per heavy atom. The van der Waals surface area contributed by atoms with E-state index < -0.39 is 11.9 Å². The first-order valence-corrected chi connectivity index (χ1v) is 7.78. The zero-order valence-corrected chi connectivity index (χ0v) is 13.8. The van der Waals surface area contributed by atoms with Gasteiger partial charge in [0, 0.05) is 12.1 Å². The number of aromatic carboxylic acids is 1. The van der Waals surface area contributed by atoms with Crippen LogP contribution in [-0.2, 0) is 11.3 Å². The number of thiophene rings is 1. The van der Waals surface area contributed by atoms with Gasteiger partial charge >= 0.3 is 11.9 Å². The molecule has 0 unspecified atom stereocenters. The molecule has 8 nitrogen and oxygen atoms in total. The molecule has 0 bridgehead atoms. The lowest BCUT2D eigenvalue weighted by Crippen LogP contribution is -2.11. The van der Waals surface area contributed by atoms with E-state index in [4.69, 9.17) is 16.1 Å².